The number of ether oxygens (including phenoxy) is 1. The van der Waals surface area contributed by atoms with E-state index in [1.54, 1.807) is 6.20 Å². The summed E-state index contributed by atoms with van der Waals surface area (Å²) in [6.45, 7) is 6.22. The summed E-state index contributed by atoms with van der Waals surface area (Å²) < 4.78 is 6.46. The van der Waals surface area contributed by atoms with Crippen LogP contribution in [0.3, 0.4) is 0 Å². The minimum absolute atomic E-state index is 0.0552. The molecule has 0 bridgehead atoms. The van der Waals surface area contributed by atoms with Gasteiger partial charge < -0.3 is 10.5 Å². The number of carbonyl (C=O) groups is 1. The van der Waals surface area contributed by atoms with Crippen molar-refractivity contribution in [3.63, 3.8) is 0 Å². The highest BCUT2D eigenvalue weighted by molar-refractivity contribution is 5.69. The van der Waals surface area contributed by atoms with Crippen molar-refractivity contribution in [2.45, 2.75) is 45.2 Å². The topological polar surface area (TPSA) is 70.1 Å². The van der Waals surface area contributed by atoms with Gasteiger partial charge in [0.05, 0.1) is 18.8 Å². The van der Waals surface area contributed by atoms with Crippen LogP contribution < -0.4 is 5.73 Å². The molecule has 1 unspecified atom stereocenters. The second-order valence-electron chi connectivity index (χ2n) is 5.11. The minimum Gasteiger partial charge on any atom is -0.469 e. The Kier molecular flexibility index (Phi) is 4.28. The summed E-state index contributed by atoms with van der Waals surface area (Å²) in [5, 5.41) is 4.28. The van der Waals surface area contributed by atoms with E-state index in [4.69, 9.17) is 5.73 Å². The third kappa shape index (κ3) is 3.85. The Morgan fingerprint density at radius 2 is 2.24 bits per heavy atom. The van der Waals surface area contributed by atoms with Gasteiger partial charge in [0.2, 0.25) is 0 Å². The molecule has 96 valence electrons. The van der Waals surface area contributed by atoms with E-state index in [1.165, 1.54) is 7.11 Å². The molecule has 17 heavy (non-hydrogen) atoms. The average Bonchev–Trinajstić information content (AvgIpc) is 2.74. The minimum atomic E-state index is -0.233. The summed E-state index contributed by atoms with van der Waals surface area (Å²) in [5.74, 6) is -0.233. The monoisotopic (exact) mass is 239 g/mol. The summed E-state index contributed by atoms with van der Waals surface area (Å²) >= 11 is 0. The lowest BCUT2D eigenvalue weighted by molar-refractivity contribution is -0.140. The first-order valence-corrected chi connectivity index (χ1v) is 5.72. The Morgan fingerprint density at radius 1 is 1.59 bits per heavy atom. The fraction of sp³-hybridized carbons (Fsp3) is 0.667. The molecule has 0 saturated carbocycles. The van der Waals surface area contributed by atoms with Gasteiger partial charge in [-0.1, -0.05) is 0 Å². The van der Waals surface area contributed by atoms with E-state index >= 15 is 0 Å². The van der Waals surface area contributed by atoms with E-state index in [9.17, 15) is 4.79 Å². The number of methoxy groups -OCH3 is 1. The molecule has 0 aromatic carbocycles. The predicted octanol–water partition coefficient (Wildman–Crippen LogP) is 1.59. The molecule has 0 aliphatic carbocycles. The normalized spacial score (nSPS) is 13.5. The van der Waals surface area contributed by atoms with Crippen molar-refractivity contribution in [2.24, 2.45) is 5.73 Å². The van der Waals surface area contributed by atoms with E-state index in [2.05, 4.69) is 30.6 Å². The first-order valence-electron chi connectivity index (χ1n) is 5.72. The van der Waals surface area contributed by atoms with Gasteiger partial charge in [0.1, 0.15) is 0 Å². The maximum atomic E-state index is 11.0. The Morgan fingerprint density at radius 3 is 2.71 bits per heavy atom. The molecule has 0 radical (unpaired) electrons. The largest absolute Gasteiger partial charge is 0.469 e. The summed E-state index contributed by atoms with van der Waals surface area (Å²) in [5.41, 5.74) is 6.89. The number of hydrogen-bond acceptors (Lipinski definition) is 4. The van der Waals surface area contributed by atoms with Crippen LogP contribution in [0.5, 0.6) is 0 Å². The van der Waals surface area contributed by atoms with Crippen LogP contribution in [0.4, 0.5) is 0 Å². The molecule has 0 fully saturated rings. The maximum Gasteiger partial charge on any atom is 0.305 e. The molecule has 0 aliphatic rings. The van der Waals surface area contributed by atoms with E-state index in [0.29, 0.717) is 12.8 Å². The lowest BCUT2D eigenvalue weighted by Crippen LogP contribution is -2.22. The van der Waals surface area contributed by atoms with Crippen LogP contribution in [0.1, 0.15) is 45.2 Å². The Balaban J connectivity index is 2.61. The second kappa shape index (κ2) is 5.31. The van der Waals surface area contributed by atoms with E-state index in [1.807, 2.05) is 10.9 Å². The highest BCUT2D eigenvalue weighted by atomic mass is 16.5. The third-order valence-electron chi connectivity index (χ3n) is 2.61. The van der Waals surface area contributed by atoms with E-state index in [-0.39, 0.29) is 17.6 Å². The molecule has 1 atom stereocenters. The van der Waals surface area contributed by atoms with Gasteiger partial charge in [-0.15, -0.1) is 0 Å². The smallest absolute Gasteiger partial charge is 0.305 e. The number of esters is 1. The predicted molar refractivity (Wildman–Crippen MR) is 65.4 cm³/mol. The molecule has 0 aliphatic heterocycles. The molecule has 1 heterocycles. The van der Waals surface area contributed by atoms with E-state index in [0.717, 1.165) is 5.56 Å². The molecule has 5 heteroatoms. The van der Waals surface area contributed by atoms with Gasteiger partial charge in [-0.25, -0.2) is 0 Å². The van der Waals surface area contributed by atoms with Gasteiger partial charge in [-0.2, -0.15) is 5.10 Å². The van der Waals surface area contributed by atoms with Crippen molar-refractivity contribution in [2.75, 3.05) is 7.11 Å². The van der Waals surface area contributed by atoms with Crippen molar-refractivity contribution in [3.05, 3.63) is 18.0 Å². The van der Waals surface area contributed by atoms with Crippen molar-refractivity contribution in [1.82, 2.24) is 9.78 Å². The zero-order valence-corrected chi connectivity index (χ0v) is 10.9. The standard InChI is InChI=1S/C12H21N3O2/c1-12(2,3)15-8-9(7-14-15)10(13)5-6-11(16)17-4/h7-8,10H,5-6,13H2,1-4H3. The van der Waals surface area contributed by atoms with Crippen LogP contribution >= 0.6 is 0 Å². The van der Waals surface area contributed by atoms with Crippen LogP contribution in [0.15, 0.2) is 12.4 Å². The highest BCUT2D eigenvalue weighted by Crippen LogP contribution is 2.19. The SMILES string of the molecule is COC(=O)CCC(N)c1cnn(C(C)(C)C)c1. The van der Waals surface area contributed by atoms with Crippen molar-refractivity contribution < 1.29 is 9.53 Å². The lowest BCUT2D eigenvalue weighted by atomic mass is 10.1. The first kappa shape index (κ1) is 13.7. The summed E-state index contributed by atoms with van der Waals surface area (Å²) in [7, 11) is 1.38. The van der Waals surface area contributed by atoms with Crippen LogP contribution in [-0.4, -0.2) is 22.9 Å². The molecule has 2 N–H and O–H groups in total. The van der Waals surface area contributed by atoms with Gasteiger partial charge in [0.25, 0.3) is 0 Å². The summed E-state index contributed by atoms with van der Waals surface area (Å²) in [6.07, 6.45) is 4.59. The third-order valence-corrected chi connectivity index (χ3v) is 2.61. The maximum absolute atomic E-state index is 11.0. The van der Waals surface area contributed by atoms with Gasteiger partial charge in [-0.3, -0.25) is 9.48 Å². The van der Waals surface area contributed by atoms with Gasteiger partial charge in [-0.05, 0) is 27.2 Å². The Hall–Kier alpha value is -1.36. The Labute approximate surface area is 102 Å². The average molecular weight is 239 g/mol. The lowest BCUT2D eigenvalue weighted by Gasteiger charge is -2.19. The highest BCUT2D eigenvalue weighted by Gasteiger charge is 2.17. The summed E-state index contributed by atoms with van der Waals surface area (Å²) in [6, 6.07) is -0.176. The summed E-state index contributed by atoms with van der Waals surface area (Å²) in [4.78, 5) is 11.0. The Bertz CT molecular complexity index is 379. The second-order valence-corrected chi connectivity index (χ2v) is 5.11. The van der Waals surface area contributed by atoms with E-state index < -0.39 is 0 Å². The van der Waals surface area contributed by atoms with Crippen molar-refractivity contribution in [1.29, 1.82) is 0 Å². The zero-order chi connectivity index (χ0) is 13.1. The van der Waals surface area contributed by atoms with Gasteiger partial charge >= 0.3 is 5.97 Å². The molecule has 1 aromatic heterocycles. The number of nitrogens with two attached hydrogens (primary N) is 1. The van der Waals surface area contributed by atoms with Crippen LogP contribution in [-0.2, 0) is 15.1 Å². The number of aromatic nitrogens is 2. The number of carbonyl (C=O) groups excluding carboxylic acids is 1. The molecule has 0 amide bonds. The van der Waals surface area contributed by atoms with Crippen molar-refractivity contribution in [3.8, 4) is 0 Å². The molecule has 0 spiro atoms. The quantitative estimate of drug-likeness (QED) is 0.810. The first-order chi connectivity index (χ1) is 7.84. The number of hydrogen-bond donors (Lipinski definition) is 1. The van der Waals surface area contributed by atoms with Gasteiger partial charge in [0.15, 0.2) is 0 Å². The zero-order valence-electron chi connectivity index (χ0n) is 10.9. The van der Waals surface area contributed by atoms with Crippen LogP contribution in [0, 0.1) is 0 Å². The fourth-order valence-corrected chi connectivity index (χ4v) is 1.44. The molecule has 0 saturated heterocycles. The molecular weight excluding hydrogens is 218 g/mol. The molecule has 1 aromatic rings. The number of nitrogens with zero attached hydrogens (tertiary/aromatic N) is 2. The van der Waals surface area contributed by atoms with Crippen LogP contribution in [0.25, 0.3) is 0 Å². The van der Waals surface area contributed by atoms with Crippen molar-refractivity contribution >= 4 is 5.97 Å². The fourth-order valence-electron chi connectivity index (χ4n) is 1.44. The molecule has 5 nitrogen and oxygen atoms in total. The molecule has 1 rings (SSSR count). The van der Waals surface area contributed by atoms with Gasteiger partial charge in [0, 0.05) is 24.2 Å². The molecular formula is C12H21N3O2. The van der Waals surface area contributed by atoms with Crippen LogP contribution in [0.2, 0.25) is 0 Å². The number of rotatable bonds is 4.